The van der Waals surface area contributed by atoms with Crippen molar-refractivity contribution in [1.82, 2.24) is 0 Å². The Morgan fingerprint density at radius 1 is 1.45 bits per heavy atom. The molecule has 6 heteroatoms. The number of thioether (sulfide) groups is 1. The van der Waals surface area contributed by atoms with Gasteiger partial charge in [0.05, 0.1) is 12.7 Å². The van der Waals surface area contributed by atoms with Crippen LogP contribution in [0.25, 0.3) is 0 Å². The van der Waals surface area contributed by atoms with Gasteiger partial charge in [-0.25, -0.2) is 9.38 Å². The number of ether oxygens (including phenoxy) is 1. The quantitative estimate of drug-likeness (QED) is 0.777. The zero-order chi connectivity index (χ0) is 14.5. The highest BCUT2D eigenvalue weighted by atomic mass is 32.2. The standard InChI is InChI=1S/C14H18FN3OS/c1-7-3-9(16)4-10(12(7)15)14-6-19-8(2)11(14)5-20-13(17)18-14/h3-4,8,11H,5-6,16H2,1-2H3,(H2,17,18)/t8-,11-,14-/m1/s1. The van der Waals surface area contributed by atoms with Crippen molar-refractivity contribution >= 4 is 22.6 Å². The molecule has 3 rings (SSSR count). The SMILES string of the molecule is Cc1cc(N)cc([C@]23CO[C@H](C)[C@H]2CSC(N)=N3)c1F. The van der Waals surface area contributed by atoms with Crippen molar-refractivity contribution in [3.63, 3.8) is 0 Å². The van der Waals surface area contributed by atoms with Gasteiger partial charge in [0.1, 0.15) is 11.4 Å². The zero-order valence-electron chi connectivity index (χ0n) is 11.5. The predicted octanol–water partition coefficient (Wildman–Crippen LogP) is 2.01. The number of rotatable bonds is 1. The van der Waals surface area contributed by atoms with Crippen molar-refractivity contribution in [3.05, 3.63) is 29.1 Å². The van der Waals surface area contributed by atoms with Crippen LogP contribution in [-0.4, -0.2) is 23.6 Å². The number of fused-ring (bicyclic) bond motifs is 1. The second-order valence-electron chi connectivity index (χ2n) is 5.51. The molecule has 0 bridgehead atoms. The fraction of sp³-hybridized carbons (Fsp3) is 0.500. The van der Waals surface area contributed by atoms with Gasteiger partial charge in [0, 0.05) is 22.9 Å². The second-order valence-corrected chi connectivity index (χ2v) is 6.55. The van der Waals surface area contributed by atoms with Crippen molar-refractivity contribution in [1.29, 1.82) is 0 Å². The number of anilines is 1. The Labute approximate surface area is 121 Å². The normalized spacial score (nSPS) is 32.9. The lowest BCUT2D eigenvalue weighted by Gasteiger charge is -2.35. The zero-order valence-corrected chi connectivity index (χ0v) is 12.3. The van der Waals surface area contributed by atoms with Gasteiger partial charge < -0.3 is 16.2 Å². The fourth-order valence-corrected chi connectivity index (χ4v) is 4.24. The molecule has 4 nitrogen and oxygen atoms in total. The van der Waals surface area contributed by atoms with Crippen LogP contribution in [0.5, 0.6) is 0 Å². The van der Waals surface area contributed by atoms with E-state index in [-0.39, 0.29) is 17.8 Å². The third-order valence-electron chi connectivity index (χ3n) is 4.21. The summed E-state index contributed by atoms with van der Waals surface area (Å²) in [7, 11) is 0. The molecule has 108 valence electrons. The summed E-state index contributed by atoms with van der Waals surface area (Å²) in [6.07, 6.45) is 0.0282. The molecule has 0 aromatic heterocycles. The lowest BCUT2D eigenvalue weighted by Crippen LogP contribution is -2.42. The highest BCUT2D eigenvalue weighted by Crippen LogP contribution is 2.48. The molecule has 0 saturated carbocycles. The number of nitrogens with two attached hydrogens (primary N) is 2. The van der Waals surface area contributed by atoms with E-state index in [1.54, 1.807) is 19.1 Å². The van der Waals surface area contributed by atoms with Crippen LogP contribution in [0.4, 0.5) is 10.1 Å². The van der Waals surface area contributed by atoms with E-state index in [9.17, 15) is 4.39 Å². The molecule has 2 heterocycles. The minimum Gasteiger partial charge on any atom is -0.399 e. The summed E-state index contributed by atoms with van der Waals surface area (Å²) in [4.78, 5) is 4.58. The Hall–Kier alpha value is -1.27. The molecule has 0 radical (unpaired) electrons. The number of amidine groups is 1. The van der Waals surface area contributed by atoms with Crippen LogP contribution in [-0.2, 0) is 10.3 Å². The van der Waals surface area contributed by atoms with Gasteiger partial charge in [-0.15, -0.1) is 0 Å². The largest absolute Gasteiger partial charge is 0.399 e. The van der Waals surface area contributed by atoms with E-state index < -0.39 is 5.54 Å². The Bertz CT molecular complexity index is 592. The van der Waals surface area contributed by atoms with Gasteiger partial charge in [-0.3, -0.25) is 0 Å². The fourth-order valence-electron chi connectivity index (χ4n) is 3.11. The van der Waals surface area contributed by atoms with E-state index in [2.05, 4.69) is 4.99 Å². The number of hydrogen-bond acceptors (Lipinski definition) is 5. The summed E-state index contributed by atoms with van der Waals surface area (Å²) in [6, 6.07) is 3.30. The first kappa shape index (κ1) is 13.7. The van der Waals surface area contributed by atoms with Gasteiger partial charge in [-0.05, 0) is 31.5 Å². The number of halogens is 1. The van der Waals surface area contributed by atoms with Crippen LogP contribution < -0.4 is 11.5 Å². The van der Waals surface area contributed by atoms with Crippen LogP contribution in [0.2, 0.25) is 0 Å². The number of aliphatic imine (C=N–C) groups is 1. The molecule has 1 saturated heterocycles. The highest BCUT2D eigenvalue weighted by molar-refractivity contribution is 8.13. The maximum Gasteiger partial charge on any atom is 0.154 e. The first-order valence-electron chi connectivity index (χ1n) is 6.60. The van der Waals surface area contributed by atoms with E-state index in [1.807, 2.05) is 6.92 Å². The molecule has 3 atom stereocenters. The summed E-state index contributed by atoms with van der Waals surface area (Å²) < 4.78 is 20.4. The van der Waals surface area contributed by atoms with E-state index in [4.69, 9.17) is 16.2 Å². The number of benzene rings is 1. The molecule has 0 unspecified atom stereocenters. The number of nitrogens with zero attached hydrogens (tertiary/aromatic N) is 1. The summed E-state index contributed by atoms with van der Waals surface area (Å²) in [5, 5.41) is 0.485. The molecule has 2 aliphatic heterocycles. The molecular formula is C14H18FN3OS. The minimum atomic E-state index is -0.737. The van der Waals surface area contributed by atoms with Crippen molar-refractivity contribution in [2.75, 3.05) is 18.1 Å². The third kappa shape index (κ3) is 1.90. The highest BCUT2D eigenvalue weighted by Gasteiger charge is 2.52. The molecule has 0 spiro atoms. The number of aryl methyl sites for hydroxylation is 1. The Balaban J connectivity index is 2.22. The summed E-state index contributed by atoms with van der Waals surface area (Å²) in [5.74, 6) is 0.630. The molecule has 20 heavy (non-hydrogen) atoms. The van der Waals surface area contributed by atoms with Crippen molar-refractivity contribution in [3.8, 4) is 0 Å². The van der Waals surface area contributed by atoms with Crippen LogP contribution in [0, 0.1) is 18.7 Å². The van der Waals surface area contributed by atoms with Crippen molar-refractivity contribution in [2.24, 2.45) is 16.6 Å². The average molecular weight is 295 g/mol. The smallest absolute Gasteiger partial charge is 0.154 e. The topological polar surface area (TPSA) is 73.6 Å². The summed E-state index contributed by atoms with van der Waals surface area (Å²) in [5.41, 5.74) is 12.6. The van der Waals surface area contributed by atoms with Crippen LogP contribution in [0.3, 0.4) is 0 Å². The van der Waals surface area contributed by atoms with Crippen LogP contribution in [0.15, 0.2) is 17.1 Å². The maximum atomic E-state index is 14.6. The lowest BCUT2D eigenvalue weighted by molar-refractivity contribution is 0.107. The first-order chi connectivity index (χ1) is 9.44. The molecule has 2 aliphatic rings. The molecule has 1 fully saturated rings. The molecule has 1 aromatic carbocycles. The minimum absolute atomic E-state index is 0.0282. The van der Waals surface area contributed by atoms with E-state index in [0.29, 0.717) is 28.6 Å². The van der Waals surface area contributed by atoms with Crippen molar-refractivity contribution < 1.29 is 9.13 Å². The van der Waals surface area contributed by atoms with Gasteiger partial charge in [0.2, 0.25) is 0 Å². The Kier molecular flexibility index (Phi) is 3.17. The van der Waals surface area contributed by atoms with Gasteiger partial charge in [0.25, 0.3) is 0 Å². The van der Waals surface area contributed by atoms with E-state index in [1.165, 1.54) is 11.8 Å². The predicted molar refractivity (Wildman–Crippen MR) is 80.2 cm³/mol. The van der Waals surface area contributed by atoms with E-state index in [0.717, 1.165) is 5.75 Å². The Morgan fingerprint density at radius 2 is 2.20 bits per heavy atom. The first-order valence-corrected chi connectivity index (χ1v) is 7.58. The molecule has 0 aliphatic carbocycles. The van der Waals surface area contributed by atoms with Gasteiger partial charge in [-0.1, -0.05) is 11.8 Å². The molecule has 4 N–H and O–H groups in total. The molecular weight excluding hydrogens is 277 g/mol. The van der Waals surface area contributed by atoms with Gasteiger partial charge >= 0.3 is 0 Å². The summed E-state index contributed by atoms with van der Waals surface area (Å²) >= 11 is 1.50. The Morgan fingerprint density at radius 3 is 2.95 bits per heavy atom. The lowest BCUT2D eigenvalue weighted by atomic mass is 9.78. The third-order valence-corrected chi connectivity index (χ3v) is 5.12. The second kappa shape index (κ2) is 4.63. The van der Waals surface area contributed by atoms with Crippen LogP contribution >= 0.6 is 11.8 Å². The maximum absolute atomic E-state index is 14.6. The monoisotopic (exact) mass is 295 g/mol. The summed E-state index contributed by atoms with van der Waals surface area (Å²) in [6.45, 7) is 4.06. The van der Waals surface area contributed by atoms with Gasteiger partial charge in [0.15, 0.2) is 5.17 Å². The average Bonchev–Trinajstić information content (AvgIpc) is 2.72. The van der Waals surface area contributed by atoms with Crippen molar-refractivity contribution in [2.45, 2.75) is 25.5 Å². The van der Waals surface area contributed by atoms with Gasteiger partial charge in [-0.2, -0.15) is 0 Å². The van der Waals surface area contributed by atoms with Crippen LogP contribution in [0.1, 0.15) is 18.1 Å². The number of hydrogen-bond donors (Lipinski definition) is 2. The molecule has 1 aromatic rings. The van der Waals surface area contributed by atoms with E-state index >= 15 is 0 Å². The molecule has 0 amide bonds. The number of nitrogen functional groups attached to an aromatic ring is 1.